The molecule has 2 aromatic heterocycles. The predicted octanol–water partition coefficient (Wildman–Crippen LogP) is 1.76. The summed E-state index contributed by atoms with van der Waals surface area (Å²) in [5.74, 6) is 0. The van der Waals surface area contributed by atoms with Crippen LogP contribution in [0.2, 0.25) is 0 Å². The zero-order valence-electron chi connectivity index (χ0n) is 7.66. The summed E-state index contributed by atoms with van der Waals surface area (Å²) < 4.78 is 2.82. The van der Waals surface area contributed by atoms with Crippen LogP contribution in [0.3, 0.4) is 0 Å². The molecular weight excluding hydrogens is 210 g/mol. The normalized spacial score (nSPS) is 10.7. The van der Waals surface area contributed by atoms with E-state index in [1.54, 1.807) is 28.7 Å². The molecule has 74 valence electrons. The highest BCUT2D eigenvalue weighted by atomic mass is 32.1. The summed E-state index contributed by atoms with van der Waals surface area (Å²) in [6.07, 6.45) is 3.18. The van der Waals surface area contributed by atoms with E-state index < -0.39 is 0 Å². The highest BCUT2D eigenvalue weighted by Crippen LogP contribution is 2.25. The van der Waals surface area contributed by atoms with E-state index in [0.717, 1.165) is 15.3 Å². The van der Waals surface area contributed by atoms with Gasteiger partial charge < -0.3 is 0 Å². The summed E-state index contributed by atoms with van der Waals surface area (Å²) in [4.78, 5) is 4.42. The van der Waals surface area contributed by atoms with Crippen LogP contribution in [0.15, 0.2) is 36.9 Å². The zero-order valence-corrected chi connectivity index (χ0v) is 8.48. The Hall–Kier alpha value is -1.95. The first-order valence-corrected chi connectivity index (χ1v) is 5.21. The molecule has 15 heavy (non-hydrogen) atoms. The van der Waals surface area contributed by atoms with Crippen molar-refractivity contribution in [3.63, 3.8) is 0 Å². The number of nitrogens with one attached hydrogen (secondary N) is 1. The Morgan fingerprint density at radius 2 is 1.93 bits per heavy atom. The van der Waals surface area contributed by atoms with E-state index in [-0.39, 0.29) is 0 Å². The van der Waals surface area contributed by atoms with Crippen LogP contribution in [0.25, 0.3) is 10.2 Å². The topological polar surface area (TPSA) is 55.6 Å². The number of hydrogen-bond donors (Lipinski definition) is 1. The predicted molar refractivity (Wildman–Crippen MR) is 58.7 cm³/mol. The van der Waals surface area contributed by atoms with E-state index >= 15 is 0 Å². The van der Waals surface area contributed by atoms with Crippen molar-refractivity contribution in [3.8, 4) is 0 Å². The van der Waals surface area contributed by atoms with Gasteiger partial charge in [-0.25, -0.2) is 9.66 Å². The van der Waals surface area contributed by atoms with Gasteiger partial charge in [0.05, 0.1) is 10.2 Å². The van der Waals surface area contributed by atoms with E-state index in [1.807, 2.05) is 24.3 Å². The summed E-state index contributed by atoms with van der Waals surface area (Å²) in [6, 6.07) is 8.02. The van der Waals surface area contributed by atoms with Crippen molar-refractivity contribution in [2.24, 2.45) is 0 Å². The molecule has 0 saturated heterocycles. The van der Waals surface area contributed by atoms with Gasteiger partial charge >= 0.3 is 0 Å². The third-order valence-electron chi connectivity index (χ3n) is 1.94. The van der Waals surface area contributed by atoms with Crippen molar-refractivity contribution in [2.75, 3.05) is 5.43 Å². The average Bonchev–Trinajstić information content (AvgIpc) is 2.86. The fourth-order valence-corrected chi connectivity index (χ4v) is 2.16. The molecule has 0 bridgehead atoms. The Labute approximate surface area is 89.4 Å². The number of nitrogens with zero attached hydrogens (tertiary/aromatic N) is 4. The van der Waals surface area contributed by atoms with Gasteiger partial charge in [-0.3, -0.25) is 5.43 Å². The number of aromatic nitrogens is 4. The largest absolute Gasteiger partial charge is 0.266 e. The fourth-order valence-electron chi connectivity index (χ4n) is 1.29. The Morgan fingerprint density at radius 1 is 1.13 bits per heavy atom. The van der Waals surface area contributed by atoms with Gasteiger partial charge in [-0.05, 0) is 12.1 Å². The lowest BCUT2D eigenvalue weighted by atomic mass is 10.3. The third-order valence-corrected chi connectivity index (χ3v) is 2.88. The molecule has 5 nitrogen and oxygen atoms in total. The second-order valence-corrected chi connectivity index (χ2v) is 4.00. The first-order chi connectivity index (χ1) is 7.42. The summed E-state index contributed by atoms with van der Waals surface area (Å²) >= 11 is 1.60. The fraction of sp³-hybridized carbons (Fsp3) is 0. The first-order valence-electron chi connectivity index (χ1n) is 4.39. The van der Waals surface area contributed by atoms with Crippen molar-refractivity contribution in [1.82, 2.24) is 19.9 Å². The van der Waals surface area contributed by atoms with Crippen LogP contribution in [0.5, 0.6) is 0 Å². The van der Waals surface area contributed by atoms with E-state index in [9.17, 15) is 0 Å². The Kier molecular flexibility index (Phi) is 1.85. The molecule has 3 rings (SSSR count). The average molecular weight is 217 g/mol. The molecule has 0 fully saturated rings. The summed E-state index contributed by atoms with van der Waals surface area (Å²) in [6.45, 7) is 0. The standard InChI is InChI=1S/C9H7N5S/c1-2-4-8-7(3-1)12-9(15-8)13-14-5-10-11-6-14/h1-6H,(H,12,13). The summed E-state index contributed by atoms with van der Waals surface area (Å²) in [7, 11) is 0. The number of rotatable bonds is 2. The Balaban J connectivity index is 1.98. The lowest BCUT2D eigenvalue weighted by Gasteiger charge is -1.98. The molecular formula is C9H7N5S. The SMILES string of the molecule is c1ccc2sc(Nn3cnnc3)nc2c1. The molecule has 1 N–H and O–H groups in total. The van der Waals surface area contributed by atoms with Gasteiger partial charge in [0.2, 0.25) is 5.13 Å². The molecule has 0 aliphatic rings. The lowest BCUT2D eigenvalue weighted by Crippen LogP contribution is -2.05. The van der Waals surface area contributed by atoms with E-state index in [0.29, 0.717) is 0 Å². The molecule has 0 aliphatic carbocycles. The highest BCUT2D eigenvalue weighted by molar-refractivity contribution is 7.22. The molecule has 0 radical (unpaired) electrons. The number of thiazole rings is 1. The van der Waals surface area contributed by atoms with Gasteiger partial charge in [0.1, 0.15) is 12.7 Å². The Bertz CT molecular complexity index is 538. The van der Waals surface area contributed by atoms with Crippen molar-refractivity contribution in [2.45, 2.75) is 0 Å². The molecule has 0 aliphatic heterocycles. The number of anilines is 1. The maximum absolute atomic E-state index is 4.42. The number of benzene rings is 1. The maximum Gasteiger partial charge on any atom is 0.203 e. The van der Waals surface area contributed by atoms with Crippen LogP contribution in [0.4, 0.5) is 5.13 Å². The van der Waals surface area contributed by atoms with Gasteiger partial charge in [0, 0.05) is 0 Å². The lowest BCUT2D eigenvalue weighted by molar-refractivity contribution is 0.948. The van der Waals surface area contributed by atoms with Gasteiger partial charge in [-0.15, -0.1) is 10.2 Å². The van der Waals surface area contributed by atoms with Crippen LogP contribution >= 0.6 is 11.3 Å². The number of para-hydroxylation sites is 1. The van der Waals surface area contributed by atoms with Crippen LogP contribution in [-0.2, 0) is 0 Å². The molecule has 0 spiro atoms. The number of hydrogen-bond acceptors (Lipinski definition) is 5. The van der Waals surface area contributed by atoms with Gasteiger partial charge in [-0.1, -0.05) is 23.5 Å². The molecule has 0 amide bonds. The summed E-state index contributed by atoms with van der Waals surface area (Å²) in [5, 5.41) is 8.23. The Morgan fingerprint density at radius 3 is 2.73 bits per heavy atom. The molecule has 1 aromatic carbocycles. The molecule has 3 aromatic rings. The summed E-state index contributed by atoms with van der Waals surface area (Å²) in [5.41, 5.74) is 4.07. The maximum atomic E-state index is 4.42. The van der Waals surface area contributed by atoms with Crippen LogP contribution < -0.4 is 5.43 Å². The monoisotopic (exact) mass is 217 g/mol. The van der Waals surface area contributed by atoms with E-state index in [4.69, 9.17) is 0 Å². The first kappa shape index (κ1) is 8.37. The van der Waals surface area contributed by atoms with Crippen LogP contribution in [0.1, 0.15) is 0 Å². The molecule has 0 atom stereocenters. The molecule has 0 saturated carbocycles. The molecule has 2 heterocycles. The van der Waals surface area contributed by atoms with Gasteiger partial charge in [-0.2, -0.15) is 0 Å². The highest BCUT2D eigenvalue weighted by Gasteiger charge is 2.02. The quantitative estimate of drug-likeness (QED) is 0.710. The third kappa shape index (κ3) is 1.55. The van der Waals surface area contributed by atoms with E-state index in [2.05, 4.69) is 20.6 Å². The minimum Gasteiger partial charge on any atom is -0.266 e. The molecule has 0 unspecified atom stereocenters. The van der Waals surface area contributed by atoms with Crippen molar-refractivity contribution < 1.29 is 0 Å². The van der Waals surface area contributed by atoms with Crippen LogP contribution in [0, 0.1) is 0 Å². The zero-order chi connectivity index (χ0) is 10.1. The van der Waals surface area contributed by atoms with Crippen molar-refractivity contribution >= 4 is 26.7 Å². The van der Waals surface area contributed by atoms with Gasteiger partial charge in [0.15, 0.2) is 0 Å². The second-order valence-electron chi connectivity index (χ2n) is 2.97. The number of fused-ring (bicyclic) bond motifs is 1. The smallest absolute Gasteiger partial charge is 0.203 e. The minimum atomic E-state index is 0.830. The van der Waals surface area contributed by atoms with Crippen molar-refractivity contribution in [3.05, 3.63) is 36.9 Å². The minimum absolute atomic E-state index is 0.830. The molecule has 6 heteroatoms. The van der Waals surface area contributed by atoms with Crippen molar-refractivity contribution in [1.29, 1.82) is 0 Å². The van der Waals surface area contributed by atoms with Gasteiger partial charge in [0.25, 0.3) is 0 Å². The van der Waals surface area contributed by atoms with Crippen LogP contribution in [-0.4, -0.2) is 19.9 Å². The van der Waals surface area contributed by atoms with E-state index in [1.165, 1.54) is 0 Å². The second kappa shape index (κ2) is 3.32.